The van der Waals surface area contributed by atoms with Gasteiger partial charge in [-0.3, -0.25) is 4.79 Å². The van der Waals surface area contributed by atoms with Crippen molar-refractivity contribution in [1.29, 1.82) is 0 Å². The molecule has 0 spiro atoms. The molecule has 0 unspecified atom stereocenters. The molecule has 72 valence electrons. The van der Waals surface area contributed by atoms with E-state index in [0.29, 0.717) is 12.2 Å². The molecule has 2 aromatic heterocycles. The van der Waals surface area contributed by atoms with Gasteiger partial charge in [-0.05, 0) is 0 Å². The van der Waals surface area contributed by atoms with Gasteiger partial charge in [0.15, 0.2) is 0 Å². The molecule has 0 aliphatic heterocycles. The van der Waals surface area contributed by atoms with Crippen molar-refractivity contribution < 1.29 is 4.79 Å². The lowest BCUT2D eigenvalue weighted by molar-refractivity contribution is 0.0946. The Morgan fingerprint density at radius 2 is 2.57 bits per heavy atom. The molecule has 1 amide bonds. The number of aromatic amines is 1. The van der Waals surface area contributed by atoms with Gasteiger partial charge in [0.2, 0.25) is 0 Å². The lowest BCUT2D eigenvalue weighted by atomic mass is 10.4. The summed E-state index contributed by atoms with van der Waals surface area (Å²) in [5, 5.41) is 4.43. The predicted octanol–water partition coefficient (Wildman–Crippen LogP) is 0.796. The van der Waals surface area contributed by atoms with Crippen molar-refractivity contribution in [2.45, 2.75) is 6.54 Å². The van der Waals surface area contributed by atoms with Gasteiger partial charge in [-0.25, -0.2) is 9.97 Å². The second kappa shape index (κ2) is 4.01. The van der Waals surface area contributed by atoms with Crippen LogP contribution in [0, 0.1) is 0 Å². The van der Waals surface area contributed by atoms with Crippen LogP contribution in [0.2, 0.25) is 0 Å². The number of hydrogen-bond donors (Lipinski definition) is 2. The Morgan fingerprint density at radius 3 is 3.21 bits per heavy atom. The van der Waals surface area contributed by atoms with E-state index in [0.717, 1.165) is 5.69 Å². The SMILES string of the molecule is O=C(NCc1cnc[nH]1)c1cscn1. The Morgan fingerprint density at radius 1 is 1.64 bits per heavy atom. The number of carbonyl (C=O) groups is 1. The third kappa shape index (κ3) is 1.97. The molecular formula is C8H8N4OS. The number of imidazole rings is 1. The molecule has 5 nitrogen and oxygen atoms in total. The van der Waals surface area contributed by atoms with Crippen LogP contribution in [0.25, 0.3) is 0 Å². The quantitative estimate of drug-likeness (QED) is 0.783. The van der Waals surface area contributed by atoms with E-state index in [1.807, 2.05) is 0 Å². The van der Waals surface area contributed by atoms with Crippen molar-refractivity contribution in [3.8, 4) is 0 Å². The summed E-state index contributed by atoms with van der Waals surface area (Å²) in [5.41, 5.74) is 2.95. The Hall–Kier alpha value is -1.69. The second-order valence-electron chi connectivity index (χ2n) is 2.63. The van der Waals surface area contributed by atoms with E-state index in [1.165, 1.54) is 11.3 Å². The zero-order valence-electron chi connectivity index (χ0n) is 7.23. The normalized spacial score (nSPS) is 10.0. The molecule has 0 saturated heterocycles. The zero-order valence-corrected chi connectivity index (χ0v) is 8.04. The highest BCUT2D eigenvalue weighted by atomic mass is 32.1. The van der Waals surface area contributed by atoms with Gasteiger partial charge in [0.25, 0.3) is 5.91 Å². The monoisotopic (exact) mass is 208 g/mol. The first-order valence-electron chi connectivity index (χ1n) is 4.00. The van der Waals surface area contributed by atoms with Gasteiger partial charge in [-0.15, -0.1) is 11.3 Å². The van der Waals surface area contributed by atoms with Crippen LogP contribution in [0.5, 0.6) is 0 Å². The van der Waals surface area contributed by atoms with E-state index in [4.69, 9.17) is 0 Å². The van der Waals surface area contributed by atoms with Crippen LogP contribution in [-0.2, 0) is 6.54 Å². The average molecular weight is 208 g/mol. The highest BCUT2D eigenvalue weighted by Gasteiger charge is 2.06. The molecule has 2 N–H and O–H groups in total. The minimum atomic E-state index is -0.166. The number of carbonyl (C=O) groups excluding carboxylic acids is 1. The Balaban J connectivity index is 1.90. The second-order valence-corrected chi connectivity index (χ2v) is 3.35. The van der Waals surface area contributed by atoms with Gasteiger partial charge in [-0.2, -0.15) is 0 Å². The summed E-state index contributed by atoms with van der Waals surface area (Å²) in [5.74, 6) is -0.166. The van der Waals surface area contributed by atoms with E-state index in [9.17, 15) is 4.79 Å². The van der Waals surface area contributed by atoms with E-state index < -0.39 is 0 Å². The molecule has 0 radical (unpaired) electrons. The molecule has 2 aromatic rings. The van der Waals surface area contributed by atoms with Crippen LogP contribution in [0.4, 0.5) is 0 Å². The minimum Gasteiger partial charge on any atom is -0.347 e. The molecule has 0 aliphatic rings. The van der Waals surface area contributed by atoms with Crippen molar-refractivity contribution in [3.63, 3.8) is 0 Å². The van der Waals surface area contributed by atoms with Crippen LogP contribution >= 0.6 is 11.3 Å². The smallest absolute Gasteiger partial charge is 0.271 e. The van der Waals surface area contributed by atoms with Gasteiger partial charge < -0.3 is 10.3 Å². The van der Waals surface area contributed by atoms with Crippen LogP contribution in [0.15, 0.2) is 23.4 Å². The number of aromatic nitrogens is 3. The topological polar surface area (TPSA) is 70.7 Å². The average Bonchev–Trinajstić information content (AvgIpc) is 2.87. The van der Waals surface area contributed by atoms with Gasteiger partial charge in [0, 0.05) is 11.6 Å². The van der Waals surface area contributed by atoms with Crippen LogP contribution < -0.4 is 5.32 Å². The summed E-state index contributed by atoms with van der Waals surface area (Å²) in [4.78, 5) is 22.0. The molecule has 0 bridgehead atoms. The van der Waals surface area contributed by atoms with Crippen LogP contribution in [-0.4, -0.2) is 20.9 Å². The molecule has 14 heavy (non-hydrogen) atoms. The van der Waals surface area contributed by atoms with Crippen molar-refractivity contribution in [2.24, 2.45) is 0 Å². The molecule has 0 aromatic carbocycles. The number of nitrogens with zero attached hydrogens (tertiary/aromatic N) is 2. The summed E-state index contributed by atoms with van der Waals surface area (Å²) in [6.07, 6.45) is 3.24. The van der Waals surface area contributed by atoms with Gasteiger partial charge >= 0.3 is 0 Å². The summed E-state index contributed by atoms with van der Waals surface area (Å²) >= 11 is 1.40. The minimum absolute atomic E-state index is 0.166. The summed E-state index contributed by atoms with van der Waals surface area (Å²) in [6, 6.07) is 0. The molecule has 2 rings (SSSR count). The fourth-order valence-corrected chi connectivity index (χ4v) is 1.50. The van der Waals surface area contributed by atoms with Crippen LogP contribution in [0.1, 0.15) is 16.2 Å². The molecule has 0 atom stereocenters. The Labute approximate surface area is 84.2 Å². The Kier molecular flexibility index (Phi) is 2.55. The maximum Gasteiger partial charge on any atom is 0.271 e. The molecule has 0 aliphatic carbocycles. The summed E-state index contributed by atoms with van der Waals surface area (Å²) < 4.78 is 0. The highest BCUT2D eigenvalue weighted by Crippen LogP contribution is 2.00. The maximum atomic E-state index is 11.4. The molecule has 0 fully saturated rings. The predicted molar refractivity (Wildman–Crippen MR) is 51.9 cm³/mol. The lowest BCUT2D eigenvalue weighted by Crippen LogP contribution is -2.23. The van der Waals surface area contributed by atoms with E-state index >= 15 is 0 Å². The molecular weight excluding hydrogens is 200 g/mol. The van der Waals surface area contributed by atoms with E-state index in [-0.39, 0.29) is 5.91 Å². The third-order valence-electron chi connectivity index (χ3n) is 1.66. The van der Waals surface area contributed by atoms with Crippen molar-refractivity contribution >= 4 is 17.2 Å². The van der Waals surface area contributed by atoms with Gasteiger partial charge in [0.1, 0.15) is 5.69 Å². The van der Waals surface area contributed by atoms with E-state index in [2.05, 4.69) is 20.3 Å². The standard InChI is InChI=1S/C8H8N4OS/c13-8(7-3-14-5-12-7)10-2-6-1-9-4-11-6/h1,3-5H,2H2,(H,9,11)(H,10,13). The van der Waals surface area contributed by atoms with Crippen molar-refractivity contribution in [1.82, 2.24) is 20.3 Å². The number of rotatable bonds is 3. The van der Waals surface area contributed by atoms with Crippen molar-refractivity contribution in [3.05, 3.63) is 34.8 Å². The number of hydrogen-bond acceptors (Lipinski definition) is 4. The number of thiazole rings is 1. The number of nitrogens with one attached hydrogen (secondary N) is 2. The fraction of sp³-hybridized carbons (Fsp3) is 0.125. The van der Waals surface area contributed by atoms with Crippen molar-refractivity contribution in [2.75, 3.05) is 0 Å². The fourth-order valence-electron chi connectivity index (χ4n) is 0.972. The summed E-state index contributed by atoms with van der Waals surface area (Å²) in [7, 11) is 0. The molecule has 6 heteroatoms. The van der Waals surface area contributed by atoms with E-state index in [1.54, 1.807) is 23.4 Å². The first-order valence-corrected chi connectivity index (χ1v) is 4.94. The molecule has 2 heterocycles. The van der Waals surface area contributed by atoms with Crippen LogP contribution in [0.3, 0.4) is 0 Å². The lowest BCUT2D eigenvalue weighted by Gasteiger charge is -1.99. The third-order valence-corrected chi connectivity index (χ3v) is 2.25. The first-order chi connectivity index (χ1) is 6.86. The summed E-state index contributed by atoms with van der Waals surface area (Å²) in [6.45, 7) is 0.441. The maximum absolute atomic E-state index is 11.4. The number of H-pyrrole nitrogens is 1. The highest BCUT2D eigenvalue weighted by molar-refractivity contribution is 7.07. The first kappa shape index (κ1) is 8.89. The van der Waals surface area contributed by atoms with Gasteiger partial charge in [-0.1, -0.05) is 0 Å². The molecule has 0 saturated carbocycles. The number of amides is 1. The zero-order chi connectivity index (χ0) is 9.80. The van der Waals surface area contributed by atoms with Gasteiger partial charge in [0.05, 0.1) is 24.1 Å². The largest absolute Gasteiger partial charge is 0.347 e. The Bertz CT molecular complexity index is 395.